The van der Waals surface area contributed by atoms with Gasteiger partial charge in [0.05, 0.1) is 5.56 Å². The normalized spacial score (nSPS) is 10.6. The van der Waals surface area contributed by atoms with E-state index >= 15 is 0 Å². The van der Waals surface area contributed by atoms with Crippen LogP contribution >= 0.6 is 0 Å². The first kappa shape index (κ1) is 14.3. The number of benzene rings is 1. The highest BCUT2D eigenvalue weighted by Crippen LogP contribution is 2.20. The summed E-state index contributed by atoms with van der Waals surface area (Å²) in [5.74, 6) is 1.36. The fraction of sp³-hybridized carbons (Fsp3) is 0.312. The molecule has 20 heavy (non-hydrogen) atoms. The Balaban J connectivity index is 2.04. The highest BCUT2D eigenvalue weighted by molar-refractivity contribution is 5.96. The molecule has 3 N–H and O–H groups in total. The summed E-state index contributed by atoms with van der Waals surface area (Å²) in [5.41, 5.74) is 9.22. The lowest BCUT2D eigenvalue weighted by atomic mass is 10.1. The number of hydrogen-bond acceptors (Lipinski definition) is 3. The molecule has 4 heteroatoms. The average Bonchev–Trinajstić information content (AvgIpc) is 2.70. The molecule has 1 aromatic carbocycles. The Labute approximate surface area is 119 Å². The molecule has 0 aliphatic rings. The maximum Gasteiger partial charge on any atom is 0.255 e. The molecule has 1 amide bonds. The van der Waals surface area contributed by atoms with E-state index in [1.54, 1.807) is 0 Å². The molecule has 0 unspecified atom stereocenters. The van der Waals surface area contributed by atoms with Crippen LogP contribution in [-0.2, 0) is 13.1 Å². The molecule has 0 aliphatic carbocycles. The molecule has 1 aromatic heterocycles. The third-order valence-electron chi connectivity index (χ3n) is 3.50. The summed E-state index contributed by atoms with van der Waals surface area (Å²) < 4.78 is 5.47. The maximum absolute atomic E-state index is 12.2. The second-order valence-electron chi connectivity index (χ2n) is 4.92. The van der Waals surface area contributed by atoms with E-state index in [4.69, 9.17) is 10.2 Å². The lowest BCUT2D eigenvalue weighted by molar-refractivity contribution is 0.0949. The topological polar surface area (TPSA) is 68.3 Å². The summed E-state index contributed by atoms with van der Waals surface area (Å²) in [5, 5.41) is 2.92. The van der Waals surface area contributed by atoms with Gasteiger partial charge in [-0.05, 0) is 31.9 Å². The summed E-state index contributed by atoms with van der Waals surface area (Å²) in [4.78, 5) is 12.2. The monoisotopic (exact) mass is 272 g/mol. The number of nitrogens with two attached hydrogens (primary N) is 1. The molecule has 0 bridgehead atoms. The zero-order chi connectivity index (χ0) is 14.7. The number of aryl methyl sites for hydroxylation is 2. The third kappa shape index (κ3) is 2.91. The van der Waals surface area contributed by atoms with E-state index < -0.39 is 0 Å². The van der Waals surface area contributed by atoms with Crippen LogP contribution in [0.15, 0.2) is 28.7 Å². The number of nitrogens with one attached hydrogen (secondary N) is 1. The van der Waals surface area contributed by atoms with Gasteiger partial charge in [-0.1, -0.05) is 24.3 Å². The SMILES string of the molecule is Cc1oc(C)c(C(=O)NCc2ccc(CN)cc2)c1C. The molecule has 106 valence electrons. The van der Waals surface area contributed by atoms with Gasteiger partial charge >= 0.3 is 0 Å². The van der Waals surface area contributed by atoms with Crippen molar-refractivity contribution in [3.8, 4) is 0 Å². The first-order valence-electron chi connectivity index (χ1n) is 6.65. The van der Waals surface area contributed by atoms with Crippen LogP contribution in [0.25, 0.3) is 0 Å². The van der Waals surface area contributed by atoms with E-state index in [0.717, 1.165) is 22.5 Å². The Morgan fingerprint density at radius 3 is 2.20 bits per heavy atom. The van der Waals surface area contributed by atoms with Crippen molar-refractivity contribution in [1.82, 2.24) is 5.32 Å². The van der Waals surface area contributed by atoms with E-state index in [2.05, 4.69) is 5.32 Å². The van der Waals surface area contributed by atoms with Crippen molar-refractivity contribution < 1.29 is 9.21 Å². The molecular formula is C16H20N2O2. The van der Waals surface area contributed by atoms with Crippen molar-refractivity contribution in [2.45, 2.75) is 33.9 Å². The number of carbonyl (C=O) groups is 1. The molecule has 2 rings (SSSR count). The lowest BCUT2D eigenvalue weighted by Gasteiger charge is -2.06. The minimum atomic E-state index is -0.0975. The first-order chi connectivity index (χ1) is 9.52. The van der Waals surface area contributed by atoms with Crippen LogP contribution < -0.4 is 11.1 Å². The summed E-state index contributed by atoms with van der Waals surface area (Å²) in [6.07, 6.45) is 0. The summed E-state index contributed by atoms with van der Waals surface area (Å²) in [7, 11) is 0. The molecule has 2 aromatic rings. The molecule has 0 aliphatic heterocycles. The Kier molecular flexibility index (Phi) is 4.25. The van der Waals surface area contributed by atoms with Gasteiger partial charge in [-0.15, -0.1) is 0 Å². The van der Waals surface area contributed by atoms with Crippen molar-refractivity contribution in [2.75, 3.05) is 0 Å². The van der Waals surface area contributed by atoms with E-state index in [9.17, 15) is 4.79 Å². The van der Waals surface area contributed by atoms with Gasteiger partial charge in [-0.3, -0.25) is 4.79 Å². The molecule has 0 fully saturated rings. The van der Waals surface area contributed by atoms with Gasteiger partial charge in [0, 0.05) is 18.7 Å². The van der Waals surface area contributed by atoms with Crippen LogP contribution in [0.1, 0.15) is 38.6 Å². The van der Waals surface area contributed by atoms with Gasteiger partial charge in [0.1, 0.15) is 11.5 Å². The van der Waals surface area contributed by atoms with Crippen LogP contribution in [0, 0.1) is 20.8 Å². The Morgan fingerprint density at radius 2 is 1.70 bits per heavy atom. The van der Waals surface area contributed by atoms with Crippen LogP contribution in [0.2, 0.25) is 0 Å². The van der Waals surface area contributed by atoms with Crippen LogP contribution in [0.4, 0.5) is 0 Å². The molecule has 4 nitrogen and oxygen atoms in total. The number of rotatable bonds is 4. The molecule has 0 spiro atoms. The van der Waals surface area contributed by atoms with E-state index in [-0.39, 0.29) is 5.91 Å². The first-order valence-corrected chi connectivity index (χ1v) is 6.65. The second-order valence-corrected chi connectivity index (χ2v) is 4.92. The highest BCUT2D eigenvalue weighted by Gasteiger charge is 2.17. The Hall–Kier alpha value is -2.07. The van der Waals surface area contributed by atoms with E-state index in [1.165, 1.54) is 0 Å². The van der Waals surface area contributed by atoms with E-state index in [1.807, 2.05) is 45.0 Å². The van der Waals surface area contributed by atoms with Crippen molar-refractivity contribution in [3.63, 3.8) is 0 Å². The molecule has 0 atom stereocenters. The Bertz CT molecular complexity index is 612. The standard InChI is InChI=1S/C16H20N2O2/c1-10-11(2)20-12(3)15(10)16(19)18-9-14-6-4-13(8-17)5-7-14/h4-7H,8-9,17H2,1-3H3,(H,18,19). The molecule has 1 heterocycles. The average molecular weight is 272 g/mol. The predicted molar refractivity (Wildman–Crippen MR) is 78.4 cm³/mol. The highest BCUT2D eigenvalue weighted by atomic mass is 16.3. The smallest absolute Gasteiger partial charge is 0.255 e. The van der Waals surface area contributed by atoms with E-state index in [0.29, 0.717) is 24.4 Å². The summed E-state index contributed by atoms with van der Waals surface area (Å²) in [6, 6.07) is 7.89. The van der Waals surface area contributed by atoms with Gasteiger partial charge in [0.25, 0.3) is 5.91 Å². The van der Waals surface area contributed by atoms with Gasteiger partial charge in [0.15, 0.2) is 0 Å². The van der Waals surface area contributed by atoms with Gasteiger partial charge in [-0.25, -0.2) is 0 Å². The lowest BCUT2D eigenvalue weighted by Crippen LogP contribution is -2.23. The fourth-order valence-corrected chi connectivity index (χ4v) is 2.19. The summed E-state index contributed by atoms with van der Waals surface area (Å²) >= 11 is 0. The van der Waals surface area contributed by atoms with Crippen molar-refractivity contribution in [3.05, 3.63) is 58.0 Å². The van der Waals surface area contributed by atoms with Gasteiger partial charge in [0.2, 0.25) is 0 Å². The van der Waals surface area contributed by atoms with Crippen LogP contribution in [-0.4, -0.2) is 5.91 Å². The molecule has 0 saturated heterocycles. The predicted octanol–water partition coefficient (Wildman–Crippen LogP) is 2.59. The van der Waals surface area contributed by atoms with Crippen molar-refractivity contribution >= 4 is 5.91 Å². The number of hydrogen-bond donors (Lipinski definition) is 2. The quantitative estimate of drug-likeness (QED) is 0.899. The third-order valence-corrected chi connectivity index (χ3v) is 3.50. The minimum Gasteiger partial charge on any atom is -0.466 e. The molecular weight excluding hydrogens is 252 g/mol. The van der Waals surface area contributed by atoms with Crippen LogP contribution in [0.3, 0.4) is 0 Å². The number of furan rings is 1. The Morgan fingerprint density at radius 1 is 1.10 bits per heavy atom. The maximum atomic E-state index is 12.2. The van der Waals surface area contributed by atoms with Crippen molar-refractivity contribution in [2.24, 2.45) is 5.73 Å². The second kappa shape index (κ2) is 5.92. The number of amides is 1. The van der Waals surface area contributed by atoms with Crippen LogP contribution in [0.5, 0.6) is 0 Å². The van der Waals surface area contributed by atoms with Gasteiger partial charge < -0.3 is 15.5 Å². The van der Waals surface area contributed by atoms with Gasteiger partial charge in [-0.2, -0.15) is 0 Å². The minimum absolute atomic E-state index is 0.0975. The molecule has 0 saturated carbocycles. The zero-order valence-electron chi connectivity index (χ0n) is 12.1. The molecule has 0 radical (unpaired) electrons. The largest absolute Gasteiger partial charge is 0.466 e. The fourth-order valence-electron chi connectivity index (χ4n) is 2.19. The summed E-state index contributed by atoms with van der Waals surface area (Å²) in [6.45, 7) is 6.60. The zero-order valence-corrected chi connectivity index (χ0v) is 12.1. The van der Waals surface area contributed by atoms with Crippen molar-refractivity contribution in [1.29, 1.82) is 0 Å². The number of carbonyl (C=O) groups excluding carboxylic acids is 1.